The minimum atomic E-state index is -0.924. The van der Waals surface area contributed by atoms with Gasteiger partial charge in [-0.15, -0.1) is 0 Å². The van der Waals surface area contributed by atoms with E-state index in [1.165, 1.54) is 109 Å². The minimum absolute atomic E-state index is 0.251. The van der Waals surface area contributed by atoms with Crippen LogP contribution in [0.3, 0.4) is 0 Å². The maximum Gasteiger partial charge on any atom is 0.330 e. The number of hydrogen-bond donors (Lipinski definition) is 0. The summed E-state index contributed by atoms with van der Waals surface area (Å²) in [5, 5.41) is 0. The van der Waals surface area contributed by atoms with E-state index in [1.807, 2.05) is 72.9 Å². The first-order chi connectivity index (χ1) is 27.0. The van der Waals surface area contributed by atoms with Crippen LogP contribution in [0.5, 0.6) is 0 Å². The second kappa shape index (κ2) is 42.0. The topological polar surface area (TPSA) is 78.9 Å². The molecule has 0 aromatic heterocycles. The highest BCUT2D eigenvalue weighted by molar-refractivity contribution is 5.82. The Morgan fingerprint density at radius 1 is 0.400 bits per heavy atom. The van der Waals surface area contributed by atoms with Gasteiger partial charge in [0.15, 0.2) is 6.10 Å². The standard InChI is InChI=1S/C49H70O6/c1-4-6-8-10-12-14-16-18-20-22-24-26-28-30-32-34-36-38-40-42-48(51)53-44-47(55-46(3)50)45-54-49(52)43-41-39-37-35-33-31-29-27-25-23-21-19-17-15-13-11-9-7-5-2/h20-43,47H,4-19,44-45H2,1-3H3. The summed E-state index contributed by atoms with van der Waals surface area (Å²) < 4.78 is 15.4. The first-order valence-corrected chi connectivity index (χ1v) is 20.5. The lowest BCUT2D eigenvalue weighted by atomic mass is 10.1. The monoisotopic (exact) mass is 755 g/mol. The third kappa shape index (κ3) is 41.9. The molecule has 55 heavy (non-hydrogen) atoms. The fourth-order valence-electron chi connectivity index (χ4n) is 4.88. The third-order valence-electron chi connectivity index (χ3n) is 7.84. The molecule has 0 rings (SSSR count). The quantitative estimate of drug-likeness (QED) is 0.0218. The Hall–Kier alpha value is -4.71. The average Bonchev–Trinajstić information content (AvgIpc) is 3.17. The molecule has 0 aromatic rings. The summed E-state index contributed by atoms with van der Waals surface area (Å²) in [5.74, 6) is -1.80. The molecule has 0 bridgehead atoms. The molecule has 0 atom stereocenters. The molecule has 0 amide bonds. The lowest BCUT2D eigenvalue weighted by Gasteiger charge is -2.16. The van der Waals surface area contributed by atoms with Crippen LogP contribution < -0.4 is 0 Å². The van der Waals surface area contributed by atoms with E-state index in [0.29, 0.717) is 0 Å². The molecule has 0 aliphatic rings. The zero-order chi connectivity index (χ0) is 40.1. The van der Waals surface area contributed by atoms with Gasteiger partial charge in [0.05, 0.1) is 0 Å². The summed E-state index contributed by atoms with van der Waals surface area (Å²) in [6.45, 7) is 5.22. The van der Waals surface area contributed by atoms with Crippen molar-refractivity contribution in [2.75, 3.05) is 13.2 Å². The first kappa shape index (κ1) is 50.3. The van der Waals surface area contributed by atoms with Crippen LogP contribution in [0.4, 0.5) is 0 Å². The van der Waals surface area contributed by atoms with Crippen molar-refractivity contribution in [3.63, 3.8) is 0 Å². The molecule has 0 aromatic carbocycles. The van der Waals surface area contributed by atoms with Crippen molar-refractivity contribution in [2.24, 2.45) is 0 Å². The van der Waals surface area contributed by atoms with Gasteiger partial charge >= 0.3 is 17.9 Å². The minimum Gasteiger partial charge on any atom is -0.458 e. The maximum absolute atomic E-state index is 12.1. The summed E-state index contributed by atoms with van der Waals surface area (Å²) in [6, 6.07) is 0. The average molecular weight is 755 g/mol. The highest BCUT2D eigenvalue weighted by Crippen LogP contribution is 2.09. The number of ether oxygens (including phenoxy) is 3. The van der Waals surface area contributed by atoms with E-state index < -0.39 is 24.0 Å². The molecule has 0 spiro atoms. The molecule has 302 valence electrons. The zero-order valence-electron chi connectivity index (χ0n) is 34.1. The molecule has 0 saturated heterocycles. The Morgan fingerprint density at radius 2 is 0.691 bits per heavy atom. The molecule has 0 aliphatic heterocycles. The molecule has 0 heterocycles. The number of rotatable bonds is 33. The van der Waals surface area contributed by atoms with Crippen LogP contribution in [0.15, 0.2) is 146 Å². The second-order valence-electron chi connectivity index (χ2n) is 13.0. The van der Waals surface area contributed by atoms with Gasteiger partial charge in [-0.2, -0.15) is 0 Å². The number of carbonyl (C=O) groups is 3. The van der Waals surface area contributed by atoms with Crippen molar-refractivity contribution in [1.29, 1.82) is 0 Å². The number of unbranched alkanes of at least 4 members (excludes halogenated alkanes) is 14. The Morgan fingerprint density at radius 3 is 1.02 bits per heavy atom. The SMILES string of the molecule is CCCCCCCCCC=CC=CC=CC=CC=CC=CC(=O)OCC(COC(=O)C=CC=CC=CC=CC=CC=CCCCCCCCCC)OC(C)=O. The van der Waals surface area contributed by atoms with E-state index in [4.69, 9.17) is 14.2 Å². The number of hydrogen-bond acceptors (Lipinski definition) is 6. The van der Waals surface area contributed by atoms with Crippen molar-refractivity contribution in [1.82, 2.24) is 0 Å². The summed E-state index contributed by atoms with van der Waals surface area (Å²) in [6.07, 6.45) is 64.3. The fourth-order valence-corrected chi connectivity index (χ4v) is 4.88. The molecule has 0 N–H and O–H groups in total. The molecule has 0 fully saturated rings. The highest BCUT2D eigenvalue weighted by atomic mass is 16.6. The largest absolute Gasteiger partial charge is 0.458 e. The van der Waals surface area contributed by atoms with Crippen molar-refractivity contribution in [2.45, 2.75) is 130 Å². The first-order valence-electron chi connectivity index (χ1n) is 20.5. The lowest BCUT2D eigenvalue weighted by Crippen LogP contribution is -2.29. The smallest absolute Gasteiger partial charge is 0.330 e. The van der Waals surface area contributed by atoms with Crippen molar-refractivity contribution >= 4 is 17.9 Å². The predicted molar refractivity (Wildman–Crippen MR) is 232 cm³/mol. The van der Waals surface area contributed by atoms with E-state index in [9.17, 15) is 14.4 Å². The van der Waals surface area contributed by atoms with Crippen LogP contribution in [0.25, 0.3) is 0 Å². The van der Waals surface area contributed by atoms with E-state index in [0.717, 1.165) is 12.8 Å². The van der Waals surface area contributed by atoms with Crippen LogP contribution in [0.2, 0.25) is 0 Å². The van der Waals surface area contributed by atoms with E-state index in [-0.39, 0.29) is 13.2 Å². The second-order valence-corrected chi connectivity index (χ2v) is 13.0. The maximum atomic E-state index is 12.1. The van der Waals surface area contributed by atoms with Crippen LogP contribution >= 0.6 is 0 Å². The van der Waals surface area contributed by atoms with Crippen molar-refractivity contribution in [3.05, 3.63) is 146 Å². The number of allylic oxidation sites excluding steroid dienone is 22. The fraction of sp³-hybridized carbons (Fsp3) is 0.449. The summed E-state index contributed by atoms with van der Waals surface area (Å²) in [4.78, 5) is 35.6. The number of carbonyl (C=O) groups excluding carboxylic acids is 3. The Kier molecular flexibility index (Phi) is 38.4. The molecule has 0 radical (unpaired) electrons. The molecular formula is C49H70O6. The molecule has 0 unspecified atom stereocenters. The van der Waals surface area contributed by atoms with Gasteiger partial charge in [-0.3, -0.25) is 4.79 Å². The third-order valence-corrected chi connectivity index (χ3v) is 7.84. The van der Waals surface area contributed by atoms with Crippen molar-refractivity contribution < 1.29 is 28.6 Å². The van der Waals surface area contributed by atoms with Gasteiger partial charge in [-0.25, -0.2) is 9.59 Å². The van der Waals surface area contributed by atoms with Gasteiger partial charge in [0, 0.05) is 19.1 Å². The van der Waals surface area contributed by atoms with Gasteiger partial charge in [0.2, 0.25) is 0 Å². The van der Waals surface area contributed by atoms with Crippen LogP contribution in [0, 0.1) is 0 Å². The number of esters is 3. The molecular weight excluding hydrogens is 685 g/mol. The van der Waals surface area contributed by atoms with Crippen LogP contribution in [-0.4, -0.2) is 37.2 Å². The summed E-state index contributed by atoms with van der Waals surface area (Å²) >= 11 is 0. The Bertz CT molecular complexity index is 1230. The van der Waals surface area contributed by atoms with Gasteiger partial charge < -0.3 is 14.2 Å². The van der Waals surface area contributed by atoms with E-state index in [2.05, 4.69) is 38.2 Å². The lowest BCUT2D eigenvalue weighted by molar-refractivity contribution is -0.162. The Balaban J connectivity index is 4.25. The van der Waals surface area contributed by atoms with Crippen LogP contribution in [-0.2, 0) is 28.6 Å². The van der Waals surface area contributed by atoms with E-state index in [1.54, 1.807) is 36.5 Å². The predicted octanol–water partition coefficient (Wildman–Crippen LogP) is 13.0. The molecule has 6 nitrogen and oxygen atoms in total. The van der Waals surface area contributed by atoms with Crippen molar-refractivity contribution in [3.8, 4) is 0 Å². The van der Waals surface area contributed by atoms with Gasteiger partial charge in [-0.05, 0) is 25.7 Å². The highest BCUT2D eigenvalue weighted by Gasteiger charge is 2.16. The van der Waals surface area contributed by atoms with Crippen LogP contribution in [0.1, 0.15) is 124 Å². The Labute approximate surface area is 334 Å². The van der Waals surface area contributed by atoms with Gasteiger partial charge in [-0.1, -0.05) is 225 Å². The van der Waals surface area contributed by atoms with Gasteiger partial charge in [0.1, 0.15) is 13.2 Å². The molecule has 6 heteroatoms. The molecule has 0 aliphatic carbocycles. The van der Waals surface area contributed by atoms with E-state index >= 15 is 0 Å². The van der Waals surface area contributed by atoms with Gasteiger partial charge in [0.25, 0.3) is 0 Å². The summed E-state index contributed by atoms with van der Waals surface area (Å²) in [7, 11) is 0. The normalized spacial score (nSPS) is 13.6. The zero-order valence-corrected chi connectivity index (χ0v) is 34.1. The summed E-state index contributed by atoms with van der Waals surface area (Å²) in [5.41, 5.74) is 0. The molecule has 0 saturated carbocycles.